The first-order valence-electron chi connectivity index (χ1n) is 12.1. The SMILES string of the molecule is CC(C)[C@@H](C(=O)O)N(C)C(=O)OCc1ccc(NC(=O)OCC2c3ccccc3-c3ccccc32)cc1. The highest BCUT2D eigenvalue weighted by Gasteiger charge is 2.31. The first-order chi connectivity index (χ1) is 17.8. The maximum Gasteiger partial charge on any atom is 0.411 e. The van der Waals surface area contributed by atoms with Gasteiger partial charge in [0.25, 0.3) is 0 Å². The van der Waals surface area contributed by atoms with Gasteiger partial charge in [0.15, 0.2) is 0 Å². The molecule has 0 aliphatic heterocycles. The Hall–Kier alpha value is -4.33. The third-order valence-electron chi connectivity index (χ3n) is 6.50. The summed E-state index contributed by atoms with van der Waals surface area (Å²) in [5, 5.41) is 12.1. The standard InChI is InChI=1S/C29H30N2O6/c1-18(2)26(27(32)33)31(3)29(35)37-16-19-12-14-20(15-13-19)30-28(34)36-17-25-23-10-6-4-8-21(23)22-9-5-7-11-24(22)25/h4-15,18,25-26H,16-17H2,1-3H3,(H,30,34)(H,32,33)/t26-/m0/s1. The van der Waals surface area contributed by atoms with Crippen LogP contribution in [0.15, 0.2) is 72.8 Å². The molecule has 2 N–H and O–H groups in total. The molecule has 8 nitrogen and oxygen atoms in total. The lowest BCUT2D eigenvalue weighted by molar-refractivity contribution is -0.143. The number of likely N-dealkylation sites (N-methyl/N-ethyl adjacent to an activating group) is 1. The topological polar surface area (TPSA) is 105 Å². The van der Waals surface area contributed by atoms with E-state index in [1.165, 1.54) is 7.05 Å². The molecular formula is C29H30N2O6. The lowest BCUT2D eigenvalue weighted by atomic mass is 9.98. The van der Waals surface area contributed by atoms with Crippen LogP contribution >= 0.6 is 0 Å². The number of anilines is 1. The minimum Gasteiger partial charge on any atom is -0.480 e. The molecule has 1 aliphatic rings. The average molecular weight is 503 g/mol. The molecule has 3 aromatic carbocycles. The van der Waals surface area contributed by atoms with Gasteiger partial charge in [-0.05, 0) is 45.9 Å². The maximum atomic E-state index is 12.5. The molecule has 192 valence electrons. The van der Waals surface area contributed by atoms with Crippen molar-refractivity contribution in [2.45, 2.75) is 32.4 Å². The Kier molecular flexibility index (Phi) is 7.77. The summed E-state index contributed by atoms with van der Waals surface area (Å²) in [7, 11) is 1.41. The second kappa shape index (κ2) is 11.2. The molecule has 0 saturated carbocycles. The first-order valence-corrected chi connectivity index (χ1v) is 12.1. The van der Waals surface area contributed by atoms with E-state index in [1.807, 2.05) is 24.3 Å². The Morgan fingerprint density at radius 1 is 0.892 bits per heavy atom. The summed E-state index contributed by atoms with van der Waals surface area (Å²) in [5.74, 6) is -1.37. The van der Waals surface area contributed by atoms with E-state index in [1.54, 1.807) is 38.1 Å². The number of nitrogens with zero attached hydrogens (tertiary/aromatic N) is 1. The number of ether oxygens (including phenoxy) is 2. The Morgan fingerprint density at radius 3 is 2.00 bits per heavy atom. The van der Waals surface area contributed by atoms with Gasteiger partial charge in [-0.25, -0.2) is 14.4 Å². The van der Waals surface area contributed by atoms with Gasteiger partial charge in [0.1, 0.15) is 19.3 Å². The highest BCUT2D eigenvalue weighted by Crippen LogP contribution is 2.44. The van der Waals surface area contributed by atoms with E-state index in [2.05, 4.69) is 29.6 Å². The van der Waals surface area contributed by atoms with Crippen LogP contribution in [0.5, 0.6) is 0 Å². The van der Waals surface area contributed by atoms with Gasteiger partial charge in [-0.15, -0.1) is 0 Å². The predicted molar refractivity (Wildman–Crippen MR) is 139 cm³/mol. The quantitative estimate of drug-likeness (QED) is 0.408. The zero-order chi connectivity index (χ0) is 26.5. The van der Waals surface area contributed by atoms with Gasteiger partial charge >= 0.3 is 18.2 Å². The Morgan fingerprint density at radius 2 is 1.46 bits per heavy atom. The van der Waals surface area contributed by atoms with Crippen LogP contribution in [0.2, 0.25) is 0 Å². The van der Waals surface area contributed by atoms with Crippen LogP contribution in [0.25, 0.3) is 11.1 Å². The highest BCUT2D eigenvalue weighted by atomic mass is 16.6. The molecule has 4 rings (SSSR count). The molecule has 0 heterocycles. The zero-order valence-electron chi connectivity index (χ0n) is 21.0. The maximum absolute atomic E-state index is 12.5. The number of carbonyl (C=O) groups is 3. The minimum absolute atomic E-state index is 0.0234. The van der Waals surface area contributed by atoms with Gasteiger partial charge in [-0.1, -0.05) is 74.5 Å². The largest absolute Gasteiger partial charge is 0.480 e. The van der Waals surface area contributed by atoms with Crippen LogP contribution in [0, 0.1) is 5.92 Å². The third kappa shape index (κ3) is 5.74. The smallest absolute Gasteiger partial charge is 0.411 e. The van der Waals surface area contributed by atoms with E-state index in [4.69, 9.17) is 9.47 Å². The van der Waals surface area contributed by atoms with Gasteiger partial charge in [0, 0.05) is 18.7 Å². The minimum atomic E-state index is -1.09. The summed E-state index contributed by atoms with van der Waals surface area (Å²) in [6.45, 7) is 3.64. The van der Waals surface area contributed by atoms with Crippen LogP contribution in [-0.2, 0) is 20.9 Å². The van der Waals surface area contributed by atoms with Gasteiger partial charge in [-0.2, -0.15) is 0 Å². The second-order valence-corrected chi connectivity index (χ2v) is 9.34. The summed E-state index contributed by atoms with van der Waals surface area (Å²) >= 11 is 0. The summed E-state index contributed by atoms with van der Waals surface area (Å²) in [5.41, 5.74) is 5.84. The van der Waals surface area contributed by atoms with Gasteiger partial charge in [0.2, 0.25) is 0 Å². The highest BCUT2D eigenvalue weighted by molar-refractivity contribution is 5.85. The van der Waals surface area contributed by atoms with Crippen molar-refractivity contribution in [1.82, 2.24) is 4.90 Å². The van der Waals surface area contributed by atoms with Crippen molar-refractivity contribution < 1.29 is 29.0 Å². The number of rotatable bonds is 8. The van der Waals surface area contributed by atoms with E-state index < -0.39 is 24.2 Å². The van der Waals surface area contributed by atoms with Crippen molar-refractivity contribution in [2.24, 2.45) is 5.92 Å². The molecule has 0 radical (unpaired) electrons. The van der Waals surface area contributed by atoms with Crippen molar-refractivity contribution >= 4 is 23.8 Å². The van der Waals surface area contributed by atoms with Crippen molar-refractivity contribution in [3.05, 3.63) is 89.5 Å². The van der Waals surface area contributed by atoms with Crippen LogP contribution in [-0.4, -0.2) is 47.9 Å². The number of aliphatic carboxylic acids is 1. The number of carboxylic acid groups (broad SMARTS) is 1. The Balaban J connectivity index is 1.29. The molecule has 0 aromatic heterocycles. The predicted octanol–water partition coefficient (Wildman–Crippen LogP) is 5.73. The zero-order valence-corrected chi connectivity index (χ0v) is 21.0. The molecule has 0 spiro atoms. The van der Waals surface area contributed by atoms with Crippen LogP contribution in [0.1, 0.15) is 36.5 Å². The molecule has 0 saturated heterocycles. The molecule has 3 aromatic rings. The number of carboxylic acids is 1. The number of fused-ring (bicyclic) bond motifs is 3. The van der Waals surface area contributed by atoms with E-state index >= 15 is 0 Å². The van der Waals surface area contributed by atoms with Gasteiger partial charge in [0.05, 0.1) is 0 Å². The number of benzene rings is 3. The second-order valence-electron chi connectivity index (χ2n) is 9.34. The average Bonchev–Trinajstić information content (AvgIpc) is 3.20. The monoisotopic (exact) mass is 502 g/mol. The van der Waals surface area contributed by atoms with Crippen molar-refractivity contribution in [2.75, 3.05) is 19.0 Å². The van der Waals surface area contributed by atoms with E-state index in [0.717, 1.165) is 27.2 Å². The first kappa shape index (κ1) is 25.8. The molecule has 2 amide bonds. The summed E-state index contributed by atoms with van der Waals surface area (Å²) in [6, 6.07) is 22.1. The van der Waals surface area contributed by atoms with Crippen molar-refractivity contribution in [1.29, 1.82) is 0 Å². The van der Waals surface area contributed by atoms with Crippen LogP contribution < -0.4 is 5.32 Å². The Bertz CT molecular complexity index is 1240. The van der Waals surface area contributed by atoms with Crippen LogP contribution in [0.3, 0.4) is 0 Å². The van der Waals surface area contributed by atoms with Crippen LogP contribution in [0.4, 0.5) is 15.3 Å². The lowest BCUT2D eigenvalue weighted by Crippen LogP contribution is -2.45. The molecule has 1 atom stereocenters. The summed E-state index contributed by atoms with van der Waals surface area (Å²) in [6.07, 6.45) is -1.28. The van der Waals surface area contributed by atoms with Crippen molar-refractivity contribution in [3.8, 4) is 11.1 Å². The third-order valence-corrected chi connectivity index (χ3v) is 6.50. The van der Waals surface area contributed by atoms with E-state index in [-0.39, 0.29) is 25.0 Å². The number of nitrogens with one attached hydrogen (secondary N) is 1. The number of carbonyl (C=O) groups excluding carboxylic acids is 2. The Labute approximate surface area is 215 Å². The van der Waals surface area contributed by atoms with Crippen molar-refractivity contribution in [3.63, 3.8) is 0 Å². The van der Waals surface area contributed by atoms with E-state index in [0.29, 0.717) is 11.3 Å². The molecule has 0 unspecified atom stereocenters. The molecule has 37 heavy (non-hydrogen) atoms. The summed E-state index contributed by atoms with van der Waals surface area (Å²) in [4.78, 5) is 37.3. The number of hydrogen-bond acceptors (Lipinski definition) is 5. The molecular weight excluding hydrogens is 472 g/mol. The normalized spacial score (nSPS) is 12.9. The van der Waals surface area contributed by atoms with Gasteiger partial charge < -0.3 is 14.6 Å². The number of hydrogen-bond donors (Lipinski definition) is 2. The van der Waals surface area contributed by atoms with Gasteiger partial charge in [-0.3, -0.25) is 10.2 Å². The fourth-order valence-electron chi connectivity index (χ4n) is 4.70. The molecule has 8 heteroatoms. The summed E-state index contributed by atoms with van der Waals surface area (Å²) < 4.78 is 10.8. The lowest BCUT2D eigenvalue weighted by Gasteiger charge is -2.26. The molecule has 1 aliphatic carbocycles. The molecule has 0 bridgehead atoms. The number of amides is 2. The van der Waals surface area contributed by atoms with E-state index in [9.17, 15) is 19.5 Å². The fourth-order valence-corrected chi connectivity index (χ4v) is 4.70. The molecule has 0 fully saturated rings. The fraction of sp³-hybridized carbons (Fsp3) is 0.276.